The average molecular weight is 313 g/mol. The molecule has 10 heteroatoms. The summed E-state index contributed by atoms with van der Waals surface area (Å²) in [4.78, 5) is 13.8. The van der Waals surface area contributed by atoms with Crippen molar-refractivity contribution in [3.8, 4) is 0 Å². The number of aliphatic hydroxyl groups is 4. The minimum atomic E-state index is -1.29. The van der Waals surface area contributed by atoms with Crippen LogP contribution in [-0.4, -0.2) is 93.3 Å². The topological polar surface area (TPSA) is 156 Å². The second-order valence-electron chi connectivity index (χ2n) is 5.50. The molecule has 3 aliphatic rings. The molecule has 0 saturated carbocycles. The van der Waals surface area contributed by atoms with Crippen LogP contribution in [0.5, 0.6) is 0 Å². The Bertz CT molecular complexity index is 512. The Kier molecular flexibility index (Phi) is 4.10. The van der Waals surface area contributed by atoms with E-state index in [9.17, 15) is 20.4 Å². The average Bonchev–Trinajstić information content (AvgIpc) is 2.88. The lowest BCUT2D eigenvalue weighted by atomic mass is 10.0. The third-order valence-corrected chi connectivity index (χ3v) is 4.05. The van der Waals surface area contributed by atoms with Crippen LogP contribution in [0.25, 0.3) is 0 Å². The molecule has 0 amide bonds. The van der Waals surface area contributed by atoms with Crippen molar-refractivity contribution in [2.24, 2.45) is 20.7 Å². The molecule has 1 saturated heterocycles. The van der Waals surface area contributed by atoms with Crippen LogP contribution in [-0.2, 0) is 4.74 Å². The summed E-state index contributed by atoms with van der Waals surface area (Å²) in [5, 5.41) is 39.3. The Morgan fingerprint density at radius 3 is 2.77 bits per heavy atom. The van der Waals surface area contributed by atoms with Crippen LogP contribution < -0.4 is 5.73 Å². The van der Waals surface area contributed by atoms with E-state index in [2.05, 4.69) is 15.0 Å². The number of aliphatic hydroxyl groups excluding tert-OH is 4. The Balaban J connectivity index is 1.83. The fraction of sp³-hybridized carbons (Fsp3) is 0.750. The lowest BCUT2D eigenvalue weighted by Gasteiger charge is -2.35. The Labute approximate surface area is 126 Å². The van der Waals surface area contributed by atoms with Crippen molar-refractivity contribution < 1.29 is 25.2 Å². The second-order valence-corrected chi connectivity index (χ2v) is 5.50. The monoisotopic (exact) mass is 313 g/mol. The van der Waals surface area contributed by atoms with Gasteiger partial charge in [-0.15, -0.1) is 0 Å². The molecule has 122 valence electrons. The molecular weight excluding hydrogens is 294 g/mol. The lowest BCUT2D eigenvalue weighted by molar-refractivity contribution is -0.160. The third-order valence-electron chi connectivity index (χ3n) is 4.05. The van der Waals surface area contributed by atoms with Gasteiger partial charge in [0.25, 0.3) is 0 Å². The van der Waals surface area contributed by atoms with E-state index in [0.29, 0.717) is 5.84 Å². The third kappa shape index (κ3) is 2.48. The number of aliphatic imine (C=N–C) groups is 3. The molecule has 0 aromatic heterocycles. The molecule has 0 spiro atoms. The maximum atomic E-state index is 10.3. The summed E-state index contributed by atoms with van der Waals surface area (Å²) in [6.07, 6.45) is -3.38. The van der Waals surface area contributed by atoms with Gasteiger partial charge in [0, 0.05) is 6.42 Å². The SMILES string of the molecule is NC1=NC=NC2C1N=CN2[C@@H]1O[C@H](CO)[C@@H](O)[C@H](O)C[C@H]1O. The molecule has 22 heavy (non-hydrogen) atoms. The van der Waals surface area contributed by atoms with Gasteiger partial charge in [-0.05, 0) is 0 Å². The summed E-state index contributed by atoms with van der Waals surface area (Å²) in [5.41, 5.74) is 5.77. The Morgan fingerprint density at radius 2 is 2.05 bits per heavy atom. The number of hydrogen-bond acceptors (Lipinski definition) is 10. The van der Waals surface area contributed by atoms with Gasteiger partial charge >= 0.3 is 0 Å². The molecule has 0 aromatic rings. The predicted molar refractivity (Wildman–Crippen MR) is 76.4 cm³/mol. The smallest absolute Gasteiger partial charge is 0.159 e. The molecule has 0 aliphatic carbocycles. The van der Waals surface area contributed by atoms with Crippen molar-refractivity contribution in [2.75, 3.05) is 6.61 Å². The van der Waals surface area contributed by atoms with Gasteiger partial charge in [0.1, 0.15) is 36.5 Å². The normalized spacial score (nSPS) is 44.6. The van der Waals surface area contributed by atoms with Crippen LogP contribution in [0.4, 0.5) is 0 Å². The van der Waals surface area contributed by atoms with Crippen molar-refractivity contribution in [1.29, 1.82) is 0 Å². The molecule has 0 bridgehead atoms. The van der Waals surface area contributed by atoms with E-state index in [4.69, 9.17) is 10.5 Å². The van der Waals surface area contributed by atoms with Gasteiger partial charge < -0.3 is 35.8 Å². The number of rotatable bonds is 2. The molecule has 3 rings (SSSR count). The van der Waals surface area contributed by atoms with Crippen molar-refractivity contribution in [3.05, 3.63) is 0 Å². The first kappa shape index (κ1) is 15.3. The molecule has 1 fully saturated rings. The molecule has 3 aliphatic heterocycles. The first-order chi connectivity index (χ1) is 10.5. The minimum Gasteiger partial charge on any atom is -0.394 e. The van der Waals surface area contributed by atoms with Crippen LogP contribution in [0.1, 0.15) is 6.42 Å². The van der Waals surface area contributed by atoms with Crippen LogP contribution >= 0.6 is 0 Å². The van der Waals surface area contributed by atoms with E-state index in [-0.39, 0.29) is 6.42 Å². The largest absolute Gasteiger partial charge is 0.394 e. The van der Waals surface area contributed by atoms with Crippen molar-refractivity contribution >= 4 is 18.5 Å². The molecule has 0 radical (unpaired) electrons. The van der Waals surface area contributed by atoms with Crippen LogP contribution in [0.3, 0.4) is 0 Å². The van der Waals surface area contributed by atoms with E-state index in [1.165, 1.54) is 12.7 Å². The van der Waals surface area contributed by atoms with Gasteiger partial charge in [-0.3, -0.25) is 4.99 Å². The molecule has 10 nitrogen and oxygen atoms in total. The molecule has 3 heterocycles. The highest BCUT2D eigenvalue weighted by atomic mass is 16.5. The van der Waals surface area contributed by atoms with Crippen molar-refractivity contribution in [2.45, 2.75) is 49.3 Å². The number of amidine groups is 1. The molecule has 6 N–H and O–H groups in total. The lowest BCUT2D eigenvalue weighted by Crippen LogP contribution is -2.53. The summed E-state index contributed by atoms with van der Waals surface area (Å²) < 4.78 is 5.59. The van der Waals surface area contributed by atoms with Crippen LogP contribution in [0, 0.1) is 0 Å². The van der Waals surface area contributed by atoms with Crippen LogP contribution in [0.15, 0.2) is 15.0 Å². The highest BCUT2D eigenvalue weighted by molar-refractivity contribution is 5.96. The van der Waals surface area contributed by atoms with E-state index in [1.54, 1.807) is 4.90 Å². The van der Waals surface area contributed by atoms with E-state index < -0.39 is 49.5 Å². The summed E-state index contributed by atoms with van der Waals surface area (Å²) >= 11 is 0. The molecular formula is C12H19N5O5. The zero-order valence-corrected chi connectivity index (χ0v) is 11.7. The summed E-state index contributed by atoms with van der Waals surface area (Å²) in [6, 6.07) is -0.466. The zero-order chi connectivity index (χ0) is 15.9. The summed E-state index contributed by atoms with van der Waals surface area (Å²) in [6.45, 7) is -0.493. The number of fused-ring (bicyclic) bond motifs is 1. The van der Waals surface area contributed by atoms with Gasteiger partial charge in [-0.25, -0.2) is 9.98 Å². The fourth-order valence-corrected chi connectivity index (χ4v) is 2.83. The quantitative estimate of drug-likeness (QED) is 0.356. The first-order valence-corrected chi connectivity index (χ1v) is 6.99. The fourth-order valence-electron chi connectivity index (χ4n) is 2.83. The number of nitrogens with zero attached hydrogens (tertiary/aromatic N) is 4. The summed E-state index contributed by atoms with van der Waals surface area (Å²) in [5.74, 6) is 0.306. The van der Waals surface area contributed by atoms with Crippen molar-refractivity contribution in [3.63, 3.8) is 0 Å². The molecule has 0 aromatic carbocycles. The second kappa shape index (κ2) is 5.89. The van der Waals surface area contributed by atoms with Gasteiger partial charge in [0.2, 0.25) is 0 Å². The maximum Gasteiger partial charge on any atom is 0.159 e. The number of hydrogen-bond donors (Lipinski definition) is 5. The van der Waals surface area contributed by atoms with Crippen molar-refractivity contribution in [1.82, 2.24) is 4.90 Å². The summed E-state index contributed by atoms with van der Waals surface area (Å²) in [7, 11) is 0. The predicted octanol–water partition coefficient (Wildman–Crippen LogP) is -3.39. The zero-order valence-electron chi connectivity index (χ0n) is 11.7. The van der Waals surface area contributed by atoms with Gasteiger partial charge in [-0.1, -0.05) is 0 Å². The molecule has 7 atom stereocenters. The minimum absolute atomic E-state index is 0.0999. The number of ether oxygens (including phenoxy) is 1. The van der Waals surface area contributed by atoms with E-state index in [1.807, 2.05) is 0 Å². The van der Waals surface area contributed by atoms with Crippen LogP contribution in [0.2, 0.25) is 0 Å². The highest BCUT2D eigenvalue weighted by Crippen LogP contribution is 2.28. The van der Waals surface area contributed by atoms with Gasteiger partial charge in [0.05, 0.1) is 19.0 Å². The maximum absolute atomic E-state index is 10.3. The number of nitrogens with two attached hydrogens (primary N) is 1. The first-order valence-electron chi connectivity index (χ1n) is 6.99. The Hall–Kier alpha value is -1.59. The van der Waals surface area contributed by atoms with Gasteiger partial charge in [-0.2, -0.15) is 0 Å². The van der Waals surface area contributed by atoms with Gasteiger partial charge in [0.15, 0.2) is 12.4 Å². The standard InChI is InChI=1S/C12H19N5O5/c13-10-8-11(15-3-14-10)17(4-16-8)12-6(20)1-5(19)9(21)7(2-18)22-12/h3-9,11-12,18-21H,1-2H2,(H2,13,14,15)/t5-,6-,7-,8?,9+,11?,12-/m1/s1. The van der Waals surface area contributed by atoms with E-state index in [0.717, 1.165) is 0 Å². The molecule has 2 unspecified atom stereocenters. The highest BCUT2D eigenvalue weighted by Gasteiger charge is 2.45. The Morgan fingerprint density at radius 1 is 1.27 bits per heavy atom. The van der Waals surface area contributed by atoms with E-state index >= 15 is 0 Å².